The molecule has 0 radical (unpaired) electrons. The van der Waals surface area contributed by atoms with Crippen molar-refractivity contribution >= 4 is 11.6 Å². The Hall–Kier alpha value is -1.58. The number of ether oxygens (including phenoxy) is 1. The van der Waals surface area contributed by atoms with Gasteiger partial charge in [0.2, 0.25) is 0 Å². The Labute approximate surface area is 123 Å². The van der Waals surface area contributed by atoms with Crippen molar-refractivity contribution in [1.82, 2.24) is 5.32 Å². The number of methoxy groups -OCH3 is 1. The average molecular weight is 294 g/mol. The van der Waals surface area contributed by atoms with Crippen molar-refractivity contribution in [2.75, 3.05) is 7.11 Å². The highest BCUT2D eigenvalue weighted by molar-refractivity contribution is 6.30. The highest BCUT2D eigenvalue weighted by Gasteiger charge is 2.09. The minimum atomic E-state index is -0.342. The highest BCUT2D eigenvalue weighted by atomic mass is 35.5. The molecule has 0 fully saturated rings. The summed E-state index contributed by atoms with van der Waals surface area (Å²) in [5, 5.41) is 4.07. The molecule has 1 atom stereocenters. The van der Waals surface area contributed by atoms with E-state index in [0.29, 0.717) is 6.54 Å². The summed E-state index contributed by atoms with van der Waals surface area (Å²) in [4.78, 5) is 0. The van der Waals surface area contributed by atoms with Crippen LogP contribution >= 0.6 is 11.6 Å². The summed E-state index contributed by atoms with van der Waals surface area (Å²) in [5.74, 6) is -0.0798. The highest BCUT2D eigenvalue weighted by Crippen LogP contribution is 2.22. The maximum absolute atomic E-state index is 13.7. The van der Waals surface area contributed by atoms with Crippen molar-refractivity contribution in [2.45, 2.75) is 19.5 Å². The molecule has 2 nitrogen and oxygen atoms in total. The van der Waals surface area contributed by atoms with Crippen LogP contribution in [0.2, 0.25) is 5.02 Å². The van der Waals surface area contributed by atoms with Crippen LogP contribution in [0.5, 0.6) is 5.75 Å². The van der Waals surface area contributed by atoms with E-state index in [-0.39, 0.29) is 17.6 Å². The Bertz CT molecular complexity index is 571. The van der Waals surface area contributed by atoms with Gasteiger partial charge in [-0.3, -0.25) is 0 Å². The van der Waals surface area contributed by atoms with Gasteiger partial charge in [0.1, 0.15) is 0 Å². The second-order valence-electron chi connectivity index (χ2n) is 4.62. The van der Waals surface area contributed by atoms with Crippen LogP contribution in [0.15, 0.2) is 42.5 Å². The van der Waals surface area contributed by atoms with Gasteiger partial charge in [-0.2, -0.15) is 0 Å². The predicted molar refractivity (Wildman–Crippen MR) is 79.7 cm³/mol. The van der Waals surface area contributed by atoms with Crippen molar-refractivity contribution < 1.29 is 9.13 Å². The standard InChI is InChI=1S/C16H17ClFNO/c1-11(13-5-8-16(20-2)15(18)9-13)19-10-12-3-6-14(17)7-4-12/h3-9,11,19H,10H2,1-2H3. The second-order valence-corrected chi connectivity index (χ2v) is 5.06. The van der Waals surface area contributed by atoms with Gasteiger partial charge in [0.15, 0.2) is 11.6 Å². The van der Waals surface area contributed by atoms with E-state index >= 15 is 0 Å². The summed E-state index contributed by atoms with van der Waals surface area (Å²) in [7, 11) is 1.46. The smallest absolute Gasteiger partial charge is 0.165 e. The van der Waals surface area contributed by atoms with E-state index in [1.54, 1.807) is 6.07 Å². The molecule has 0 spiro atoms. The average Bonchev–Trinajstić information content (AvgIpc) is 2.46. The summed E-state index contributed by atoms with van der Waals surface area (Å²) >= 11 is 5.84. The normalized spacial score (nSPS) is 12.2. The van der Waals surface area contributed by atoms with Crippen LogP contribution < -0.4 is 10.1 Å². The third kappa shape index (κ3) is 3.71. The van der Waals surface area contributed by atoms with Gasteiger partial charge in [-0.15, -0.1) is 0 Å². The molecule has 0 aliphatic rings. The number of hydrogen-bond donors (Lipinski definition) is 1. The lowest BCUT2D eigenvalue weighted by Gasteiger charge is -2.15. The molecule has 0 amide bonds. The van der Waals surface area contributed by atoms with E-state index in [4.69, 9.17) is 16.3 Å². The Morgan fingerprint density at radius 2 is 1.90 bits per heavy atom. The molecule has 1 N–H and O–H groups in total. The quantitative estimate of drug-likeness (QED) is 0.885. The van der Waals surface area contributed by atoms with E-state index in [2.05, 4.69) is 5.32 Å². The largest absolute Gasteiger partial charge is 0.494 e. The summed E-state index contributed by atoms with van der Waals surface area (Å²) in [6.45, 7) is 2.70. The zero-order chi connectivity index (χ0) is 14.5. The zero-order valence-corrected chi connectivity index (χ0v) is 12.2. The molecule has 0 saturated carbocycles. The summed E-state index contributed by atoms with van der Waals surface area (Å²) in [5.41, 5.74) is 2.02. The Morgan fingerprint density at radius 1 is 1.20 bits per heavy atom. The topological polar surface area (TPSA) is 21.3 Å². The van der Waals surface area contributed by atoms with Gasteiger partial charge in [-0.05, 0) is 42.3 Å². The molecule has 20 heavy (non-hydrogen) atoms. The fourth-order valence-electron chi connectivity index (χ4n) is 1.94. The number of halogens is 2. The van der Waals surface area contributed by atoms with Crippen LogP contribution in [-0.4, -0.2) is 7.11 Å². The van der Waals surface area contributed by atoms with Gasteiger partial charge in [-0.25, -0.2) is 4.39 Å². The van der Waals surface area contributed by atoms with Crippen molar-refractivity contribution in [3.63, 3.8) is 0 Å². The number of hydrogen-bond acceptors (Lipinski definition) is 2. The van der Waals surface area contributed by atoms with Crippen molar-refractivity contribution in [2.24, 2.45) is 0 Å². The molecule has 2 rings (SSSR count). The van der Waals surface area contributed by atoms with Crippen molar-refractivity contribution in [3.8, 4) is 5.75 Å². The molecule has 4 heteroatoms. The van der Waals surface area contributed by atoms with Gasteiger partial charge in [-0.1, -0.05) is 29.8 Å². The van der Waals surface area contributed by atoms with Crippen LogP contribution in [-0.2, 0) is 6.54 Å². The zero-order valence-electron chi connectivity index (χ0n) is 11.5. The lowest BCUT2D eigenvalue weighted by Crippen LogP contribution is -2.18. The van der Waals surface area contributed by atoms with Crippen LogP contribution in [0.1, 0.15) is 24.1 Å². The monoisotopic (exact) mass is 293 g/mol. The third-order valence-electron chi connectivity index (χ3n) is 3.20. The molecule has 2 aromatic rings. The minimum absolute atomic E-state index is 0.0473. The summed E-state index contributed by atoms with van der Waals surface area (Å²) < 4.78 is 18.6. The van der Waals surface area contributed by atoms with Crippen molar-refractivity contribution in [1.29, 1.82) is 0 Å². The molecule has 0 heterocycles. The van der Waals surface area contributed by atoms with Crippen LogP contribution in [0.4, 0.5) is 4.39 Å². The Morgan fingerprint density at radius 3 is 2.50 bits per heavy atom. The predicted octanol–water partition coefficient (Wildman–Crippen LogP) is 4.34. The second kappa shape index (κ2) is 6.73. The fourth-order valence-corrected chi connectivity index (χ4v) is 2.07. The molecule has 2 aromatic carbocycles. The Kier molecular flexibility index (Phi) is 4.99. The molecule has 1 unspecified atom stereocenters. The van der Waals surface area contributed by atoms with E-state index in [9.17, 15) is 4.39 Å². The van der Waals surface area contributed by atoms with Gasteiger partial charge < -0.3 is 10.1 Å². The van der Waals surface area contributed by atoms with E-state index in [1.165, 1.54) is 13.2 Å². The molecule has 0 aliphatic carbocycles. The third-order valence-corrected chi connectivity index (χ3v) is 3.45. The van der Waals surface area contributed by atoms with Crippen LogP contribution in [0.25, 0.3) is 0 Å². The van der Waals surface area contributed by atoms with Crippen LogP contribution in [0, 0.1) is 5.82 Å². The molecule has 0 saturated heterocycles. The first-order chi connectivity index (χ1) is 9.60. The molecule has 0 bridgehead atoms. The van der Waals surface area contributed by atoms with Gasteiger partial charge in [0, 0.05) is 17.6 Å². The van der Waals surface area contributed by atoms with Gasteiger partial charge in [0.25, 0.3) is 0 Å². The maximum atomic E-state index is 13.7. The molecular formula is C16H17ClFNO. The first-order valence-electron chi connectivity index (χ1n) is 6.41. The first kappa shape index (κ1) is 14.8. The fraction of sp³-hybridized carbons (Fsp3) is 0.250. The van der Waals surface area contributed by atoms with E-state index in [1.807, 2.05) is 37.3 Å². The number of rotatable bonds is 5. The lowest BCUT2D eigenvalue weighted by molar-refractivity contribution is 0.385. The van der Waals surface area contributed by atoms with E-state index in [0.717, 1.165) is 16.1 Å². The Balaban J connectivity index is 1.99. The van der Waals surface area contributed by atoms with Gasteiger partial charge >= 0.3 is 0 Å². The number of benzene rings is 2. The molecular weight excluding hydrogens is 277 g/mol. The minimum Gasteiger partial charge on any atom is -0.494 e. The summed E-state index contributed by atoms with van der Waals surface area (Å²) in [6.07, 6.45) is 0. The van der Waals surface area contributed by atoms with Crippen molar-refractivity contribution in [3.05, 3.63) is 64.4 Å². The molecule has 0 aliphatic heterocycles. The van der Waals surface area contributed by atoms with E-state index < -0.39 is 0 Å². The van der Waals surface area contributed by atoms with Gasteiger partial charge in [0.05, 0.1) is 7.11 Å². The maximum Gasteiger partial charge on any atom is 0.165 e. The molecule has 0 aromatic heterocycles. The lowest BCUT2D eigenvalue weighted by atomic mass is 10.1. The number of nitrogens with one attached hydrogen (secondary N) is 1. The molecule has 106 valence electrons. The SMILES string of the molecule is COc1ccc(C(C)NCc2ccc(Cl)cc2)cc1F. The first-order valence-corrected chi connectivity index (χ1v) is 6.79. The van der Waals surface area contributed by atoms with Crippen LogP contribution in [0.3, 0.4) is 0 Å². The summed E-state index contributed by atoms with van der Waals surface area (Å²) in [6, 6.07) is 12.7.